The summed E-state index contributed by atoms with van der Waals surface area (Å²) in [6, 6.07) is 13.6. The number of amidine groups is 1. The van der Waals surface area contributed by atoms with E-state index >= 15 is 0 Å². The van der Waals surface area contributed by atoms with E-state index in [1.54, 1.807) is 12.0 Å². The van der Waals surface area contributed by atoms with Crippen molar-refractivity contribution in [3.05, 3.63) is 61.9 Å². The maximum absolute atomic E-state index is 12.9. The number of para-hydroxylation sites is 1. The van der Waals surface area contributed by atoms with Crippen LogP contribution in [0.5, 0.6) is 5.75 Å². The Bertz CT molecular complexity index is 890. The standard InChI is InChI=1S/C20H18Br2N2O2S/c1-3-9-24-19(25)17(27-20(24)23-14-7-5-4-6-8-14)12-13-10-15(21)18(26-2)16(22)11-13/h4-8,10-12H,3,9H2,1-2H3/b17-12+,23-20?. The number of hydrogen-bond donors (Lipinski definition) is 0. The van der Waals surface area contributed by atoms with Gasteiger partial charge in [-0.3, -0.25) is 9.69 Å². The molecule has 0 unspecified atom stereocenters. The van der Waals surface area contributed by atoms with E-state index in [1.807, 2.05) is 48.5 Å². The first-order chi connectivity index (χ1) is 13.0. The number of hydrogen-bond acceptors (Lipinski definition) is 4. The number of carbonyl (C=O) groups excluding carboxylic acids is 1. The molecule has 1 fully saturated rings. The van der Waals surface area contributed by atoms with Crippen LogP contribution in [0.25, 0.3) is 6.08 Å². The number of ether oxygens (including phenoxy) is 1. The maximum atomic E-state index is 12.9. The van der Waals surface area contributed by atoms with Crippen LogP contribution in [0, 0.1) is 0 Å². The molecule has 0 saturated carbocycles. The molecule has 0 aromatic heterocycles. The maximum Gasteiger partial charge on any atom is 0.266 e. The zero-order valence-electron chi connectivity index (χ0n) is 14.9. The van der Waals surface area contributed by atoms with Gasteiger partial charge in [0.2, 0.25) is 0 Å². The minimum absolute atomic E-state index is 0.0143. The molecule has 1 heterocycles. The first kappa shape index (κ1) is 20.2. The lowest BCUT2D eigenvalue weighted by Crippen LogP contribution is -2.29. The lowest BCUT2D eigenvalue weighted by atomic mass is 10.2. The molecular weight excluding hydrogens is 492 g/mol. The Balaban J connectivity index is 1.96. The molecule has 2 aromatic carbocycles. The van der Waals surface area contributed by atoms with Crippen molar-refractivity contribution in [3.8, 4) is 5.75 Å². The van der Waals surface area contributed by atoms with Crippen LogP contribution in [-0.2, 0) is 4.79 Å². The van der Waals surface area contributed by atoms with Crippen molar-refractivity contribution in [2.24, 2.45) is 4.99 Å². The lowest BCUT2D eigenvalue weighted by Gasteiger charge is -2.13. The van der Waals surface area contributed by atoms with Gasteiger partial charge in [0.1, 0.15) is 5.75 Å². The molecule has 1 amide bonds. The quantitative estimate of drug-likeness (QED) is 0.448. The Morgan fingerprint density at radius 3 is 2.44 bits per heavy atom. The highest BCUT2D eigenvalue weighted by molar-refractivity contribution is 9.11. The third-order valence-corrected chi connectivity index (χ3v) is 6.02. The minimum atomic E-state index is -0.0143. The second-order valence-electron chi connectivity index (χ2n) is 5.82. The smallest absolute Gasteiger partial charge is 0.266 e. The van der Waals surface area contributed by atoms with Gasteiger partial charge in [-0.05, 0) is 85.9 Å². The van der Waals surface area contributed by atoms with Crippen LogP contribution in [0.4, 0.5) is 5.69 Å². The second-order valence-corrected chi connectivity index (χ2v) is 8.53. The summed E-state index contributed by atoms with van der Waals surface area (Å²) in [5.74, 6) is 0.709. The van der Waals surface area contributed by atoms with E-state index in [4.69, 9.17) is 4.74 Å². The molecule has 0 atom stereocenters. The molecule has 2 aromatic rings. The summed E-state index contributed by atoms with van der Waals surface area (Å²) in [6.07, 6.45) is 2.76. The molecule has 4 nitrogen and oxygen atoms in total. The van der Waals surface area contributed by atoms with Gasteiger partial charge in [0.25, 0.3) is 5.91 Å². The van der Waals surface area contributed by atoms with Crippen molar-refractivity contribution >= 4 is 66.5 Å². The number of halogens is 2. The van der Waals surface area contributed by atoms with Crippen molar-refractivity contribution in [2.75, 3.05) is 13.7 Å². The Labute approximate surface area is 180 Å². The van der Waals surface area contributed by atoms with Crippen molar-refractivity contribution in [1.29, 1.82) is 0 Å². The highest BCUT2D eigenvalue weighted by Gasteiger charge is 2.32. The van der Waals surface area contributed by atoms with Gasteiger partial charge in [-0.15, -0.1) is 0 Å². The van der Waals surface area contributed by atoms with Crippen LogP contribution in [0.3, 0.4) is 0 Å². The van der Waals surface area contributed by atoms with Crippen LogP contribution in [0.2, 0.25) is 0 Å². The minimum Gasteiger partial charge on any atom is -0.494 e. The van der Waals surface area contributed by atoms with Gasteiger partial charge in [0.05, 0.1) is 26.6 Å². The average molecular weight is 510 g/mol. The summed E-state index contributed by atoms with van der Waals surface area (Å²) in [5, 5.41) is 0.714. The van der Waals surface area contributed by atoms with Gasteiger partial charge >= 0.3 is 0 Å². The third kappa shape index (κ3) is 4.65. The molecule has 3 rings (SSSR count). The molecule has 0 aliphatic carbocycles. The molecule has 0 bridgehead atoms. The highest BCUT2D eigenvalue weighted by atomic mass is 79.9. The normalized spacial score (nSPS) is 17.2. The van der Waals surface area contributed by atoms with E-state index in [0.29, 0.717) is 16.6 Å². The first-order valence-electron chi connectivity index (χ1n) is 8.41. The van der Waals surface area contributed by atoms with Gasteiger partial charge in [-0.25, -0.2) is 4.99 Å². The summed E-state index contributed by atoms with van der Waals surface area (Å²) < 4.78 is 6.99. The van der Waals surface area contributed by atoms with Crippen LogP contribution >= 0.6 is 43.6 Å². The summed E-state index contributed by atoms with van der Waals surface area (Å²) in [7, 11) is 1.62. The number of nitrogens with zero attached hydrogens (tertiary/aromatic N) is 2. The second kappa shape index (κ2) is 9.08. The van der Waals surface area contributed by atoms with Gasteiger partial charge in [0.15, 0.2) is 5.17 Å². The average Bonchev–Trinajstić information content (AvgIpc) is 2.91. The van der Waals surface area contributed by atoms with Gasteiger partial charge < -0.3 is 4.74 Å². The molecule has 0 spiro atoms. The monoisotopic (exact) mass is 508 g/mol. The van der Waals surface area contributed by atoms with Crippen molar-refractivity contribution in [2.45, 2.75) is 13.3 Å². The zero-order chi connectivity index (χ0) is 19.4. The molecule has 1 saturated heterocycles. The molecule has 7 heteroatoms. The number of methoxy groups -OCH3 is 1. The van der Waals surface area contributed by atoms with Crippen LogP contribution < -0.4 is 4.74 Å². The summed E-state index contributed by atoms with van der Waals surface area (Å²) in [5.41, 5.74) is 1.74. The van der Waals surface area contributed by atoms with E-state index < -0.39 is 0 Å². The Morgan fingerprint density at radius 2 is 1.85 bits per heavy atom. The topological polar surface area (TPSA) is 41.9 Å². The zero-order valence-corrected chi connectivity index (χ0v) is 18.9. The Kier molecular flexibility index (Phi) is 6.78. The molecular formula is C20H18Br2N2O2S. The molecule has 27 heavy (non-hydrogen) atoms. The van der Waals surface area contributed by atoms with E-state index in [9.17, 15) is 4.79 Å². The number of benzene rings is 2. The Morgan fingerprint density at radius 1 is 1.19 bits per heavy atom. The predicted molar refractivity (Wildman–Crippen MR) is 120 cm³/mol. The molecule has 1 aliphatic heterocycles. The summed E-state index contributed by atoms with van der Waals surface area (Å²) in [4.78, 5) is 20.0. The van der Waals surface area contributed by atoms with Crippen molar-refractivity contribution in [1.82, 2.24) is 4.90 Å². The predicted octanol–water partition coefficient (Wildman–Crippen LogP) is 6.23. The SMILES string of the molecule is CCCN1C(=O)/C(=C\c2cc(Br)c(OC)c(Br)c2)SC1=Nc1ccccc1. The molecule has 0 N–H and O–H groups in total. The van der Waals surface area contributed by atoms with Gasteiger partial charge in [-0.1, -0.05) is 25.1 Å². The van der Waals surface area contributed by atoms with Crippen LogP contribution in [-0.4, -0.2) is 29.6 Å². The first-order valence-corrected chi connectivity index (χ1v) is 10.8. The highest BCUT2D eigenvalue weighted by Crippen LogP contribution is 2.38. The number of rotatable bonds is 5. The van der Waals surface area contributed by atoms with Crippen LogP contribution in [0.15, 0.2) is 61.3 Å². The number of amides is 1. The van der Waals surface area contributed by atoms with Gasteiger partial charge in [0, 0.05) is 6.54 Å². The number of thioether (sulfide) groups is 1. The fourth-order valence-corrected chi connectivity index (χ4v) is 5.20. The van der Waals surface area contributed by atoms with Crippen molar-refractivity contribution < 1.29 is 9.53 Å². The van der Waals surface area contributed by atoms with Crippen molar-refractivity contribution in [3.63, 3.8) is 0 Å². The summed E-state index contributed by atoms with van der Waals surface area (Å²) >= 11 is 8.41. The Hall–Kier alpha value is -1.57. The van der Waals surface area contributed by atoms with Crippen LogP contribution in [0.1, 0.15) is 18.9 Å². The fourth-order valence-electron chi connectivity index (χ4n) is 2.63. The van der Waals surface area contributed by atoms with E-state index in [2.05, 4.69) is 43.8 Å². The van der Waals surface area contributed by atoms with E-state index in [-0.39, 0.29) is 5.91 Å². The molecule has 0 radical (unpaired) electrons. The third-order valence-electron chi connectivity index (χ3n) is 3.84. The van der Waals surface area contributed by atoms with Gasteiger partial charge in [-0.2, -0.15) is 0 Å². The van der Waals surface area contributed by atoms with E-state index in [0.717, 1.165) is 32.4 Å². The number of carbonyl (C=O) groups is 1. The fraction of sp³-hybridized carbons (Fsp3) is 0.200. The largest absolute Gasteiger partial charge is 0.494 e. The van der Waals surface area contributed by atoms with E-state index in [1.165, 1.54) is 11.8 Å². The number of aliphatic imine (C=N–C) groups is 1. The lowest BCUT2D eigenvalue weighted by molar-refractivity contribution is -0.122. The summed E-state index contributed by atoms with van der Waals surface area (Å²) in [6.45, 7) is 2.70. The molecule has 1 aliphatic rings. The molecule has 140 valence electrons.